The van der Waals surface area contributed by atoms with E-state index in [-0.39, 0.29) is 11.5 Å². The molecule has 1 aliphatic carbocycles. The molecule has 1 atom stereocenters. The van der Waals surface area contributed by atoms with Crippen LogP contribution in [0.2, 0.25) is 0 Å². The Morgan fingerprint density at radius 2 is 1.91 bits per heavy atom. The maximum atomic E-state index is 13.3. The van der Waals surface area contributed by atoms with Crippen molar-refractivity contribution in [3.8, 4) is 0 Å². The summed E-state index contributed by atoms with van der Waals surface area (Å²) in [7, 11) is 0. The minimum absolute atomic E-state index is 0.133. The number of hydrogen-bond acceptors (Lipinski definition) is 4. The van der Waals surface area contributed by atoms with Gasteiger partial charge in [-0.25, -0.2) is 5.84 Å². The van der Waals surface area contributed by atoms with Crippen LogP contribution in [0.4, 0.5) is 0 Å². The number of benzene rings is 1. The van der Waals surface area contributed by atoms with E-state index >= 15 is 0 Å². The van der Waals surface area contributed by atoms with Crippen LogP contribution in [0, 0.1) is 12.8 Å². The number of carbonyl (C=O) groups is 1. The number of aryl methyl sites for hydroxylation is 2. The number of carbonyl (C=O) groups excluding carboxylic acids is 1. The van der Waals surface area contributed by atoms with Gasteiger partial charge in [-0.1, -0.05) is 26.0 Å². The zero-order chi connectivity index (χ0) is 23.5. The third-order valence-electron chi connectivity index (χ3n) is 7.20. The molecular formula is C27H38N4O2. The molecule has 2 fully saturated rings. The third-order valence-corrected chi connectivity index (χ3v) is 7.20. The highest BCUT2D eigenvalue weighted by Crippen LogP contribution is 2.42. The molecule has 2 aliphatic rings. The average Bonchev–Trinajstić information content (AvgIpc) is 3.56. The van der Waals surface area contributed by atoms with E-state index in [1.165, 1.54) is 43.4 Å². The Kier molecular flexibility index (Phi) is 7.35. The summed E-state index contributed by atoms with van der Waals surface area (Å²) < 4.78 is 2.05. The summed E-state index contributed by atoms with van der Waals surface area (Å²) in [6.07, 6.45) is 6.93. The molecule has 1 saturated carbocycles. The van der Waals surface area contributed by atoms with Gasteiger partial charge in [-0.15, -0.1) is 0 Å². The van der Waals surface area contributed by atoms with Gasteiger partial charge in [0.1, 0.15) is 0 Å². The molecule has 1 amide bonds. The molecule has 1 aromatic carbocycles. The van der Waals surface area contributed by atoms with Crippen molar-refractivity contribution >= 4 is 5.91 Å². The molecule has 0 spiro atoms. The second-order valence-corrected chi connectivity index (χ2v) is 10.3. The summed E-state index contributed by atoms with van der Waals surface area (Å²) in [5, 5.41) is 0. The predicted molar refractivity (Wildman–Crippen MR) is 132 cm³/mol. The highest BCUT2D eigenvalue weighted by molar-refractivity contribution is 5.93. The van der Waals surface area contributed by atoms with E-state index in [9.17, 15) is 9.59 Å². The third kappa shape index (κ3) is 5.56. The summed E-state index contributed by atoms with van der Waals surface area (Å²) in [4.78, 5) is 27.6. The smallest absolute Gasteiger partial charge is 0.265 e. The second kappa shape index (κ2) is 10.2. The van der Waals surface area contributed by atoms with Crippen LogP contribution < -0.4 is 16.8 Å². The van der Waals surface area contributed by atoms with Crippen molar-refractivity contribution in [3.63, 3.8) is 0 Å². The number of rotatable bonds is 9. The fraction of sp³-hybridized carbons (Fsp3) is 0.556. The monoisotopic (exact) mass is 450 g/mol. The fourth-order valence-corrected chi connectivity index (χ4v) is 5.28. The molecule has 1 saturated heterocycles. The van der Waals surface area contributed by atoms with Gasteiger partial charge in [-0.05, 0) is 93.2 Å². The zero-order valence-corrected chi connectivity index (χ0v) is 20.3. The summed E-state index contributed by atoms with van der Waals surface area (Å²) in [5.41, 5.74) is 7.39. The van der Waals surface area contributed by atoms with Gasteiger partial charge in [-0.2, -0.15) is 0 Å². The van der Waals surface area contributed by atoms with Gasteiger partial charge >= 0.3 is 0 Å². The number of hydrazine groups is 1. The Balaban J connectivity index is 1.60. The van der Waals surface area contributed by atoms with Crippen LogP contribution in [0.5, 0.6) is 0 Å². The average molecular weight is 451 g/mol. The first kappa shape index (κ1) is 23.7. The summed E-state index contributed by atoms with van der Waals surface area (Å²) in [6.45, 7) is 9.20. The number of nitrogens with zero attached hydrogens (tertiary/aromatic N) is 2. The molecule has 6 heteroatoms. The maximum absolute atomic E-state index is 13.3. The Morgan fingerprint density at radius 3 is 2.55 bits per heavy atom. The highest BCUT2D eigenvalue weighted by atomic mass is 16.2. The molecule has 2 aromatic rings. The van der Waals surface area contributed by atoms with E-state index in [4.69, 9.17) is 5.84 Å². The van der Waals surface area contributed by atoms with Crippen LogP contribution in [0.1, 0.15) is 84.6 Å². The molecule has 0 radical (unpaired) electrons. The summed E-state index contributed by atoms with van der Waals surface area (Å²) in [5.74, 6) is 6.22. The van der Waals surface area contributed by atoms with Crippen LogP contribution in [-0.4, -0.2) is 28.0 Å². The van der Waals surface area contributed by atoms with Crippen LogP contribution in [0.15, 0.2) is 35.1 Å². The number of nitrogens with one attached hydrogen (secondary N) is 1. The molecule has 0 unspecified atom stereocenters. The number of likely N-dealkylation sites (tertiary alicyclic amines) is 1. The Bertz CT molecular complexity index is 1040. The molecule has 1 aliphatic heterocycles. The second-order valence-electron chi connectivity index (χ2n) is 10.3. The Labute approximate surface area is 197 Å². The van der Waals surface area contributed by atoms with Crippen molar-refractivity contribution in [1.82, 2.24) is 14.9 Å². The van der Waals surface area contributed by atoms with Crippen molar-refractivity contribution in [2.24, 2.45) is 11.8 Å². The molecule has 2 heterocycles. The van der Waals surface area contributed by atoms with Crippen LogP contribution >= 0.6 is 0 Å². The highest BCUT2D eigenvalue weighted by Gasteiger charge is 2.32. The molecule has 1 aromatic heterocycles. The largest absolute Gasteiger partial charge is 0.310 e. The Hall–Kier alpha value is -2.44. The Morgan fingerprint density at radius 1 is 1.18 bits per heavy atom. The van der Waals surface area contributed by atoms with E-state index in [1.54, 1.807) is 12.1 Å². The zero-order valence-electron chi connectivity index (χ0n) is 20.3. The summed E-state index contributed by atoms with van der Waals surface area (Å²) in [6, 6.07) is 10.3. The molecule has 6 nitrogen and oxygen atoms in total. The van der Waals surface area contributed by atoms with Crippen molar-refractivity contribution < 1.29 is 4.79 Å². The number of nitrogen functional groups attached to an aromatic ring is 1. The van der Waals surface area contributed by atoms with Gasteiger partial charge in [0, 0.05) is 36.0 Å². The van der Waals surface area contributed by atoms with Crippen molar-refractivity contribution in [1.29, 1.82) is 0 Å². The van der Waals surface area contributed by atoms with E-state index in [0.29, 0.717) is 30.0 Å². The van der Waals surface area contributed by atoms with Gasteiger partial charge in [-0.3, -0.25) is 19.9 Å². The van der Waals surface area contributed by atoms with Gasteiger partial charge < -0.3 is 4.57 Å². The molecular weight excluding hydrogens is 412 g/mol. The lowest BCUT2D eigenvalue weighted by Gasteiger charge is -2.29. The van der Waals surface area contributed by atoms with Gasteiger partial charge in [0.15, 0.2) is 0 Å². The van der Waals surface area contributed by atoms with E-state index < -0.39 is 0 Å². The molecule has 178 valence electrons. The normalized spacial score (nSPS) is 18.8. The first-order chi connectivity index (χ1) is 15.9. The van der Waals surface area contributed by atoms with E-state index in [1.807, 2.05) is 23.6 Å². The first-order valence-corrected chi connectivity index (χ1v) is 12.4. The quantitative estimate of drug-likeness (QED) is 0.345. The van der Waals surface area contributed by atoms with Crippen molar-refractivity contribution in [2.45, 2.75) is 84.3 Å². The van der Waals surface area contributed by atoms with Crippen LogP contribution in [-0.2, 0) is 19.5 Å². The minimum Gasteiger partial charge on any atom is -0.310 e. The SMILES string of the molecule is Cc1cc(C2CC2)c(CN2CCC[C@@H]2CC(C)C)n(CCc2ccc(C(=O)NN)cc2)c1=O. The predicted octanol–water partition coefficient (Wildman–Crippen LogP) is 3.89. The van der Waals surface area contributed by atoms with Gasteiger partial charge in [0.25, 0.3) is 11.5 Å². The number of hydrogen-bond donors (Lipinski definition) is 2. The lowest BCUT2D eigenvalue weighted by molar-refractivity contribution is 0.0953. The number of nitrogens with two attached hydrogens (primary N) is 1. The van der Waals surface area contributed by atoms with Crippen molar-refractivity contribution in [2.75, 3.05) is 6.54 Å². The molecule has 4 rings (SSSR count). The summed E-state index contributed by atoms with van der Waals surface area (Å²) >= 11 is 0. The minimum atomic E-state index is -0.297. The van der Waals surface area contributed by atoms with Crippen LogP contribution in [0.3, 0.4) is 0 Å². The van der Waals surface area contributed by atoms with Gasteiger partial charge in [0.2, 0.25) is 0 Å². The van der Waals surface area contributed by atoms with E-state index in [2.05, 4.69) is 30.2 Å². The van der Waals surface area contributed by atoms with E-state index in [0.717, 1.165) is 30.6 Å². The topological polar surface area (TPSA) is 80.4 Å². The van der Waals surface area contributed by atoms with Crippen molar-refractivity contribution in [3.05, 3.63) is 68.6 Å². The first-order valence-electron chi connectivity index (χ1n) is 12.4. The fourth-order valence-electron chi connectivity index (χ4n) is 5.28. The van der Waals surface area contributed by atoms with Crippen LogP contribution in [0.25, 0.3) is 0 Å². The van der Waals surface area contributed by atoms with Gasteiger partial charge in [0.05, 0.1) is 0 Å². The molecule has 33 heavy (non-hydrogen) atoms. The number of aromatic nitrogens is 1. The number of pyridine rings is 1. The molecule has 3 N–H and O–H groups in total. The lowest BCUT2D eigenvalue weighted by Crippen LogP contribution is -2.35. The lowest BCUT2D eigenvalue weighted by atomic mass is 10.0. The number of amides is 1. The standard InChI is InChI=1S/C27H38N4O2/c1-18(2)15-23-5-4-13-30(23)17-25-24(21-10-11-21)16-19(3)27(33)31(25)14-12-20-6-8-22(9-7-20)26(32)29-28/h6-9,16,18,21,23H,4-5,10-15,17,28H2,1-3H3,(H,29,32)/t23-/m1/s1. The maximum Gasteiger partial charge on any atom is 0.265 e. The molecule has 0 bridgehead atoms.